The fraction of sp³-hybridized carbons (Fsp3) is 0.433. The summed E-state index contributed by atoms with van der Waals surface area (Å²) in [4.78, 5) is 55.8. The van der Waals surface area contributed by atoms with Gasteiger partial charge >= 0.3 is 17.9 Å². The van der Waals surface area contributed by atoms with Crippen LogP contribution in [0.3, 0.4) is 0 Å². The minimum atomic E-state index is -2.27. The van der Waals surface area contributed by atoms with Crippen molar-refractivity contribution in [3.8, 4) is 17.1 Å². The Kier molecular flexibility index (Phi) is 6.33. The first-order valence-electron chi connectivity index (χ1n) is 13.4. The maximum atomic E-state index is 14.0. The Bertz CT molecular complexity index is 1680. The zero-order valence-corrected chi connectivity index (χ0v) is 25.2. The number of hydrogen-bond donors (Lipinski definition) is 0. The molecule has 0 bridgehead atoms. The summed E-state index contributed by atoms with van der Waals surface area (Å²) in [5.74, 6) is -1.29. The molecule has 40 heavy (non-hydrogen) atoms. The van der Waals surface area contributed by atoms with Gasteiger partial charge in [0.05, 0.1) is 37.1 Å². The molecule has 210 valence electrons. The smallest absolute Gasteiger partial charge is 0.355 e. The van der Waals surface area contributed by atoms with Crippen molar-refractivity contribution < 1.29 is 28.6 Å². The second-order valence-electron chi connectivity index (χ2n) is 12.1. The maximum Gasteiger partial charge on any atom is 0.355 e. The molecule has 10 heteroatoms. The molecule has 5 rings (SSSR count). The van der Waals surface area contributed by atoms with Crippen molar-refractivity contribution >= 4 is 42.1 Å². The molecule has 2 aliphatic heterocycles. The van der Waals surface area contributed by atoms with Crippen LogP contribution >= 0.6 is 0 Å². The molecule has 0 saturated heterocycles. The van der Waals surface area contributed by atoms with Gasteiger partial charge in [0.2, 0.25) is 5.60 Å². The molecule has 0 unspecified atom stereocenters. The maximum absolute atomic E-state index is 14.0. The number of nitrogens with zero attached hydrogens (tertiary/aromatic N) is 2. The van der Waals surface area contributed by atoms with Crippen LogP contribution < -0.4 is 15.5 Å². The first-order valence-corrected chi connectivity index (χ1v) is 16.4. The number of hydrogen-bond acceptors (Lipinski definition) is 8. The first kappa shape index (κ1) is 27.8. The molecular formula is C30H34N2O7Si. The third kappa shape index (κ3) is 3.99. The molecule has 1 atom stereocenters. The monoisotopic (exact) mass is 562 g/mol. The van der Waals surface area contributed by atoms with E-state index in [0.717, 1.165) is 16.1 Å². The Hall–Kier alpha value is -3.79. The predicted octanol–water partition coefficient (Wildman–Crippen LogP) is 4.29. The molecule has 2 aliphatic rings. The average Bonchev–Trinajstić information content (AvgIpc) is 3.21. The fourth-order valence-corrected chi connectivity index (χ4v) is 8.35. The van der Waals surface area contributed by atoms with E-state index < -0.39 is 31.6 Å². The van der Waals surface area contributed by atoms with Crippen LogP contribution in [-0.2, 0) is 42.6 Å². The van der Waals surface area contributed by atoms with Gasteiger partial charge in [-0.15, -0.1) is 0 Å². The first-order chi connectivity index (χ1) is 18.6. The summed E-state index contributed by atoms with van der Waals surface area (Å²) in [6, 6.07) is 7.19. The number of cyclic esters (lactones) is 1. The number of aromatic nitrogens is 2. The molecule has 0 aliphatic carbocycles. The normalized spacial score (nSPS) is 18.1. The van der Waals surface area contributed by atoms with Gasteiger partial charge in [-0.05, 0) is 46.5 Å². The van der Waals surface area contributed by atoms with E-state index in [0.29, 0.717) is 40.3 Å². The van der Waals surface area contributed by atoms with E-state index in [2.05, 4.69) is 33.9 Å². The molecule has 2 aromatic heterocycles. The van der Waals surface area contributed by atoms with E-state index in [-0.39, 0.29) is 23.6 Å². The highest BCUT2D eigenvalue weighted by Gasteiger charge is 2.50. The van der Waals surface area contributed by atoms with Gasteiger partial charge in [0, 0.05) is 24.8 Å². The van der Waals surface area contributed by atoms with Gasteiger partial charge in [0.25, 0.3) is 5.56 Å². The number of ether oxygens (including phenoxy) is 3. The Morgan fingerprint density at radius 2 is 1.80 bits per heavy atom. The van der Waals surface area contributed by atoms with Crippen LogP contribution in [0.25, 0.3) is 22.3 Å². The molecule has 1 aromatic carbocycles. The second-order valence-corrected chi connectivity index (χ2v) is 17.4. The quantitative estimate of drug-likeness (QED) is 0.206. The van der Waals surface area contributed by atoms with Crippen LogP contribution in [0.15, 0.2) is 29.1 Å². The number of benzene rings is 1. The van der Waals surface area contributed by atoms with Crippen molar-refractivity contribution in [1.82, 2.24) is 9.55 Å². The number of esters is 3. The van der Waals surface area contributed by atoms with E-state index in [1.807, 2.05) is 12.1 Å². The summed E-state index contributed by atoms with van der Waals surface area (Å²) < 4.78 is 18.1. The predicted molar refractivity (Wildman–Crippen MR) is 152 cm³/mol. The van der Waals surface area contributed by atoms with Gasteiger partial charge < -0.3 is 18.8 Å². The molecule has 0 saturated carbocycles. The van der Waals surface area contributed by atoms with Crippen molar-refractivity contribution in [2.45, 2.75) is 84.8 Å². The standard InChI is InChI=1S/C30H34N2O7Si/c1-9-30(39-17(3)34)22-13-24-25-20(14-32(24)27(35)21(22)15-37-28(30)36)26(40(7,8)29(4,5)6)19-12-18(38-16(2)33)10-11-23(19)31-25/h10-13H,9,14-15H2,1-8H3/t30-/m0/s1. The third-order valence-corrected chi connectivity index (χ3v) is 14.3. The van der Waals surface area contributed by atoms with Gasteiger partial charge in [-0.2, -0.15) is 0 Å². The van der Waals surface area contributed by atoms with E-state index in [9.17, 15) is 19.2 Å². The van der Waals surface area contributed by atoms with Crippen LogP contribution in [0.5, 0.6) is 5.75 Å². The molecule has 4 heterocycles. The molecule has 0 N–H and O–H groups in total. The second kappa shape index (κ2) is 9.12. The molecule has 0 amide bonds. The highest BCUT2D eigenvalue weighted by atomic mass is 28.3. The molecule has 9 nitrogen and oxygen atoms in total. The van der Waals surface area contributed by atoms with Crippen molar-refractivity contribution in [1.29, 1.82) is 0 Å². The zero-order valence-electron chi connectivity index (χ0n) is 24.2. The van der Waals surface area contributed by atoms with Crippen LogP contribution in [0, 0.1) is 0 Å². The SMILES string of the molecule is CC[C@@]1(OC(C)=O)C(=O)OCc2c1cc1n(c2=O)Cc2c-1nc1ccc(OC(C)=O)cc1c2[Si](C)(C)C(C)(C)C. The lowest BCUT2D eigenvalue weighted by molar-refractivity contribution is -0.188. The van der Waals surface area contributed by atoms with Crippen LogP contribution in [0.1, 0.15) is 64.7 Å². The lowest BCUT2D eigenvalue weighted by Gasteiger charge is -2.39. The molecule has 0 spiro atoms. The Labute approximate surface area is 233 Å². The van der Waals surface area contributed by atoms with Gasteiger partial charge in [-0.25, -0.2) is 9.78 Å². The topological polar surface area (TPSA) is 114 Å². The summed E-state index contributed by atoms with van der Waals surface area (Å²) >= 11 is 0. The largest absolute Gasteiger partial charge is 0.457 e. The van der Waals surface area contributed by atoms with E-state index >= 15 is 0 Å². The fourth-order valence-electron chi connectivity index (χ4n) is 5.78. The number of carbonyl (C=O) groups is 3. The molecule has 0 fully saturated rings. The summed E-state index contributed by atoms with van der Waals surface area (Å²) in [6.07, 6.45) is 0.119. The summed E-state index contributed by atoms with van der Waals surface area (Å²) in [6.45, 7) is 15.7. The van der Waals surface area contributed by atoms with Gasteiger partial charge in [0.15, 0.2) is 0 Å². The van der Waals surface area contributed by atoms with Crippen molar-refractivity contribution in [2.24, 2.45) is 0 Å². The van der Waals surface area contributed by atoms with Crippen molar-refractivity contribution in [3.63, 3.8) is 0 Å². The molecule has 0 radical (unpaired) electrons. The number of rotatable bonds is 4. The molecule has 3 aromatic rings. The van der Waals surface area contributed by atoms with E-state index in [4.69, 9.17) is 19.2 Å². The summed E-state index contributed by atoms with van der Waals surface area (Å²) in [5.41, 5.74) is 1.56. The minimum Gasteiger partial charge on any atom is -0.457 e. The average molecular weight is 563 g/mol. The van der Waals surface area contributed by atoms with Gasteiger partial charge in [0.1, 0.15) is 12.4 Å². The Balaban J connectivity index is 1.85. The van der Waals surface area contributed by atoms with E-state index in [1.165, 1.54) is 13.8 Å². The zero-order chi connectivity index (χ0) is 29.4. The number of pyridine rings is 2. The van der Waals surface area contributed by atoms with Crippen LogP contribution in [0.4, 0.5) is 0 Å². The van der Waals surface area contributed by atoms with Crippen molar-refractivity contribution in [2.75, 3.05) is 0 Å². The lowest BCUT2D eigenvalue weighted by Crippen LogP contribution is -2.51. The summed E-state index contributed by atoms with van der Waals surface area (Å²) in [7, 11) is -2.27. The van der Waals surface area contributed by atoms with E-state index in [1.54, 1.807) is 23.6 Å². The highest BCUT2D eigenvalue weighted by molar-refractivity contribution is 6.94. The third-order valence-electron chi connectivity index (χ3n) is 8.71. The Morgan fingerprint density at radius 1 is 1.10 bits per heavy atom. The number of fused-ring (bicyclic) bond motifs is 5. The molecular weight excluding hydrogens is 528 g/mol. The van der Waals surface area contributed by atoms with Crippen LogP contribution in [0.2, 0.25) is 18.1 Å². The minimum absolute atomic E-state index is 0.0571. The van der Waals surface area contributed by atoms with Crippen molar-refractivity contribution in [3.05, 3.63) is 51.3 Å². The summed E-state index contributed by atoms with van der Waals surface area (Å²) in [5, 5.41) is 1.98. The number of carbonyl (C=O) groups excluding carboxylic acids is 3. The Morgan fingerprint density at radius 3 is 2.40 bits per heavy atom. The lowest BCUT2D eigenvalue weighted by atomic mass is 9.85. The van der Waals surface area contributed by atoms with Crippen LogP contribution in [-0.4, -0.2) is 35.5 Å². The highest BCUT2D eigenvalue weighted by Crippen LogP contribution is 2.43. The van der Waals surface area contributed by atoms with Gasteiger partial charge in [-0.1, -0.05) is 40.8 Å². The van der Waals surface area contributed by atoms with Gasteiger partial charge in [-0.3, -0.25) is 14.4 Å².